The molecule has 0 aromatic heterocycles. The van der Waals surface area contributed by atoms with Gasteiger partial charge in [0, 0.05) is 5.02 Å². The van der Waals surface area contributed by atoms with Crippen LogP contribution in [-0.2, 0) is 6.42 Å². The molecule has 1 aliphatic heterocycles. The number of ether oxygens (including phenoxy) is 1. The predicted octanol–water partition coefficient (Wildman–Crippen LogP) is 5.29. The molecule has 104 valence electrons. The Balaban J connectivity index is 1.95. The van der Waals surface area contributed by atoms with Crippen molar-refractivity contribution < 1.29 is 9.13 Å². The number of halogens is 3. The van der Waals surface area contributed by atoms with Crippen LogP contribution in [0.15, 0.2) is 36.4 Å². The van der Waals surface area contributed by atoms with E-state index >= 15 is 0 Å². The van der Waals surface area contributed by atoms with Gasteiger partial charge in [0.15, 0.2) is 0 Å². The van der Waals surface area contributed by atoms with Crippen molar-refractivity contribution in [3.05, 3.63) is 63.9 Å². The zero-order chi connectivity index (χ0) is 14.1. The second kappa shape index (κ2) is 5.74. The van der Waals surface area contributed by atoms with Crippen LogP contribution in [0.3, 0.4) is 0 Å². The van der Waals surface area contributed by atoms with Gasteiger partial charge in [0.05, 0.1) is 11.4 Å². The van der Waals surface area contributed by atoms with E-state index in [0.29, 0.717) is 5.02 Å². The largest absolute Gasteiger partial charge is 0.493 e. The Kier molecular flexibility index (Phi) is 3.99. The van der Waals surface area contributed by atoms with E-state index in [1.54, 1.807) is 6.07 Å². The van der Waals surface area contributed by atoms with Gasteiger partial charge >= 0.3 is 0 Å². The van der Waals surface area contributed by atoms with Gasteiger partial charge < -0.3 is 4.74 Å². The second-order valence-electron chi connectivity index (χ2n) is 4.85. The number of fused-ring (bicyclic) bond motifs is 1. The van der Waals surface area contributed by atoms with Gasteiger partial charge in [-0.25, -0.2) is 4.39 Å². The van der Waals surface area contributed by atoms with Gasteiger partial charge in [-0.2, -0.15) is 0 Å². The molecular formula is C16H13BrClFO. The third kappa shape index (κ3) is 2.70. The summed E-state index contributed by atoms with van der Waals surface area (Å²) in [6.07, 6.45) is 2.07. The number of aryl methyl sites for hydroxylation is 1. The Labute approximate surface area is 130 Å². The van der Waals surface area contributed by atoms with E-state index in [1.807, 2.05) is 12.1 Å². The Morgan fingerprint density at radius 1 is 1.20 bits per heavy atom. The van der Waals surface area contributed by atoms with Crippen LogP contribution in [0.4, 0.5) is 4.39 Å². The van der Waals surface area contributed by atoms with Gasteiger partial charge in [-0.1, -0.05) is 45.7 Å². The van der Waals surface area contributed by atoms with Crippen molar-refractivity contribution in [2.75, 3.05) is 6.61 Å². The topological polar surface area (TPSA) is 9.23 Å². The fraction of sp³-hybridized carbons (Fsp3) is 0.250. The molecule has 1 aliphatic rings. The zero-order valence-electron chi connectivity index (χ0n) is 10.7. The molecule has 20 heavy (non-hydrogen) atoms. The van der Waals surface area contributed by atoms with Gasteiger partial charge in [-0.3, -0.25) is 0 Å². The molecule has 4 heteroatoms. The van der Waals surface area contributed by atoms with Gasteiger partial charge in [0.2, 0.25) is 0 Å². The van der Waals surface area contributed by atoms with Crippen molar-refractivity contribution in [3.8, 4) is 5.75 Å². The molecule has 0 bridgehead atoms. The van der Waals surface area contributed by atoms with E-state index in [-0.39, 0.29) is 10.6 Å². The SMILES string of the molecule is Fc1ccc(C(Br)c2ccc3c(c2)CCCO3)c(Cl)c1. The number of alkyl halides is 1. The molecule has 0 saturated carbocycles. The second-order valence-corrected chi connectivity index (χ2v) is 6.17. The highest BCUT2D eigenvalue weighted by atomic mass is 79.9. The average molecular weight is 356 g/mol. The van der Waals surface area contributed by atoms with Crippen LogP contribution in [0.5, 0.6) is 5.75 Å². The van der Waals surface area contributed by atoms with Crippen molar-refractivity contribution in [2.45, 2.75) is 17.7 Å². The molecule has 1 unspecified atom stereocenters. The Hall–Kier alpha value is -1.06. The van der Waals surface area contributed by atoms with Crippen molar-refractivity contribution >= 4 is 27.5 Å². The standard InChI is InChI=1S/C16H13BrClFO/c17-16(13-5-4-12(19)9-14(13)18)11-3-6-15-10(8-11)2-1-7-20-15/h3-6,8-9,16H,1-2,7H2. The maximum absolute atomic E-state index is 13.1. The first-order chi connectivity index (χ1) is 9.65. The summed E-state index contributed by atoms with van der Waals surface area (Å²) in [7, 11) is 0. The number of rotatable bonds is 2. The van der Waals surface area contributed by atoms with Crippen molar-refractivity contribution in [1.82, 2.24) is 0 Å². The summed E-state index contributed by atoms with van der Waals surface area (Å²) in [5.41, 5.74) is 3.18. The summed E-state index contributed by atoms with van der Waals surface area (Å²) < 4.78 is 18.7. The molecule has 1 atom stereocenters. The van der Waals surface area contributed by atoms with Gasteiger partial charge in [-0.15, -0.1) is 0 Å². The fourth-order valence-corrected chi connectivity index (χ4v) is 3.52. The minimum Gasteiger partial charge on any atom is -0.493 e. The zero-order valence-corrected chi connectivity index (χ0v) is 13.0. The van der Waals surface area contributed by atoms with Crippen LogP contribution in [0.2, 0.25) is 5.02 Å². The molecule has 0 spiro atoms. The maximum atomic E-state index is 13.1. The van der Waals surface area contributed by atoms with Crippen LogP contribution < -0.4 is 4.74 Å². The summed E-state index contributed by atoms with van der Waals surface area (Å²) in [5.74, 6) is 0.641. The maximum Gasteiger partial charge on any atom is 0.124 e. The molecule has 0 amide bonds. The third-order valence-electron chi connectivity index (χ3n) is 3.46. The first kappa shape index (κ1) is 13.9. The fourth-order valence-electron chi connectivity index (χ4n) is 2.42. The molecule has 0 radical (unpaired) electrons. The van der Waals surface area contributed by atoms with E-state index in [9.17, 15) is 4.39 Å². The first-order valence-electron chi connectivity index (χ1n) is 6.50. The lowest BCUT2D eigenvalue weighted by Gasteiger charge is -2.20. The van der Waals surface area contributed by atoms with E-state index in [2.05, 4.69) is 22.0 Å². The van der Waals surface area contributed by atoms with Crippen LogP contribution >= 0.6 is 27.5 Å². The molecule has 0 saturated heterocycles. The Bertz CT molecular complexity index is 644. The molecule has 0 N–H and O–H groups in total. The summed E-state index contributed by atoms with van der Waals surface area (Å²) in [6, 6.07) is 10.6. The molecule has 0 aliphatic carbocycles. The number of hydrogen-bond donors (Lipinski definition) is 0. The summed E-state index contributed by atoms with van der Waals surface area (Å²) in [6.45, 7) is 0.786. The summed E-state index contributed by atoms with van der Waals surface area (Å²) in [5, 5.41) is 0.431. The van der Waals surface area contributed by atoms with E-state index in [4.69, 9.17) is 16.3 Å². The van der Waals surface area contributed by atoms with Gasteiger partial charge in [0.1, 0.15) is 11.6 Å². The quantitative estimate of drug-likeness (QED) is 0.665. The average Bonchev–Trinajstić information content (AvgIpc) is 2.46. The highest BCUT2D eigenvalue weighted by molar-refractivity contribution is 9.09. The molecular weight excluding hydrogens is 343 g/mol. The normalized spacial score (nSPS) is 15.3. The molecule has 1 heterocycles. The first-order valence-corrected chi connectivity index (χ1v) is 7.79. The third-order valence-corrected chi connectivity index (χ3v) is 4.81. The number of hydrogen-bond acceptors (Lipinski definition) is 1. The predicted molar refractivity (Wildman–Crippen MR) is 82.4 cm³/mol. The number of benzene rings is 2. The molecule has 1 nitrogen and oxygen atoms in total. The van der Waals surface area contributed by atoms with E-state index in [1.165, 1.54) is 17.7 Å². The van der Waals surface area contributed by atoms with Crippen molar-refractivity contribution in [3.63, 3.8) is 0 Å². The van der Waals surface area contributed by atoms with Crippen LogP contribution in [0, 0.1) is 5.82 Å². The minimum atomic E-state index is -0.322. The smallest absolute Gasteiger partial charge is 0.124 e. The molecule has 3 rings (SSSR count). The molecule has 2 aromatic carbocycles. The van der Waals surface area contributed by atoms with Crippen LogP contribution in [0.1, 0.15) is 27.9 Å². The van der Waals surface area contributed by atoms with Gasteiger partial charge in [0.25, 0.3) is 0 Å². The van der Waals surface area contributed by atoms with E-state index < -0.39 is 0 Å². The lowest BCUT2D eigenvalue weighted by molar-refractivity contribution is 0.288. The minimum absolute atomic E-state index is 0.0529. The molecule has 0 fully saturated rings. The lowest BCUT2D eigenvalue weighted by Crippen LogP contribution is -2.09. The lowest BCUT2D eigenvalue weighted by atomic mass is 9.99. The molecule has 2 aromatic rings. The summed E-state index contributed by atoms with van der Waals surface area (Å²) in [4.78, 5) is -0.0529. The van der Waals surface area contributed by atoms with Gasteiger partial charge in [-0.05, 0) is 47.7 Å². The Morgan fingerprint density at radius 2 is 2.05 bits per heavy atom. The summed E-state index contributed by atoms with van der Waals surface area (Å²) >= 11 is 9.77. The van der Waals surface area contributed by atoms with Crippen molar-refractivity contribution in [2.24, 2.45) is 0 Å². The van der Waals surface area contributed by atoms with Crippen LogP contribution in [-0.4, -0.2) is 6.61 Å². The van der Waals surface area contributed by atoms with E-state index in [0.717, 1.165) is 36.3 Å². The van der Waals surface area contributed by atoms with Crippen molar-refractivity contribution in [1.29, 1.82) is 0 Å². The monoisotopic (exact) mass is 354 g/mol. The van der Waals surface area contributed by atoms with Crippen LogP contribution in [0.25, 0.3) is 0 Å². The highest BCUT2D eigenvalue weighted by Gasteiger charge is 2.17. The highest BCUT2D eigenvalue weighted by Crippen LogP contribution is 2.37. The Morgan fingerprint density at radius 3 is 2.85 bits per heavy atom.